The van der Waals surface area contributed by atoms with Gasteiger partial charge < -0.3 is 4.74 Å². The molecule has 5 nitrogen and oxygen atoms in total. The van der Waals surface area contributed by atoms with Crippen molar-refractivity contribution in [3.63, 3.8) is 0 Å². The van der Waals surface area contributed by atoms with E-state index in [1.54, 1.807) is 6.07 Å². The van der Waals surface area contributed by atoms with E-state index < -0.39 is 6.09 Å². The van der Waals surface area contributed by atoms with Crippen LogP contribution in [0, 0.1) is 11.5 Å². The lowest BCUT2D eigenvalue weighted by Gasteiger charge is -2.21. The van der Waals surface area contributed by atoms with Crippen molar-refractivity contribution in [1.82, 2.24) is 10.0 Å². The molecule has 1 aliphatic rings. The minimum absolute atomic E-state index is 0.485. The molecule has 2 aromatic carbocycles. The van der Waals surface area contributed by atoms with Crippen LogP contribution >= 0.6 is 0 Å². The standard InChI is InChI=1S/C15H13N3O2/c16-11-17-8-3-9-18(17)15(19)20-14-7-6-12-4-1-2-5-13(12)10-14/h1-2,4-7,10H,3,8-9H2. The van der Waals surface area contributed by atoms with E-state index in [4.69, 9.17) is 10.00 Å². The number of nitrogens with zero attached hydrogens (tertiary/aromatic N) is 3. The molecule has 0 saturated carbocycles. The number of ether oxygens (including phenoxy) is 1. The molecule has 1 heterocycles. The number of hydrogen-bond acceptors (Lipinski definition) is 4. The van der Waals surface area contributed by atoms with Crippen molar-refractivity contribution >= 4 is 16.9 Å². The van der Waals surface area contributed by atoms with Crippen LogP contribution in [0.5, 0.6) is 5.75 Å². The van der Waals surface area contributed by atoms with Crippen LogP contribution in [0.15, 0.2) is 42.5 Å². The number of nitriles is 1. The summed E-state index contributed by atoms with van der Waals surface area (Å²) >= 11 is 0. The fourth-order valence-corrected chi connectivity index (χ4v) is 2.29. The van der Waals surface area contributed by atoms with Gasteiger partial charge in [-0.1, -0.05) is 30.3 Å². The molecule has 0 spiro atoms. The molecule has 1 aliphatic heterocycles. The van der Waals surface area contributed by atoms with E-state index in [1.165, 1.54) is 10.0 Å². The van der Waals surface area contributed by atoms with Gasteiger partial charge in [-0.15, -0.1) is 0 Å². The topological polar surface area (TPSA) is 56.6 Å². The number of fused-ring (bicyclic) bond motifs is 1. The van der Waals surface area contributed by atoms with Crippen LogP contribution in [0.3, 0.4) is 0 Å². The van der Waals surface area contributed by atoms with E-state index in [0.717, 1.165) is 17.2 Å². The van der Waals surface area contributed by atoms with Crippen LogP contribution in [0.4, 0.5) is 4.79 Å². The number of benzene rings is 2. The predicted molar refractivity (Wildman–Crippen MR) is 73.6 cm³/mol. The molecule has 1 fully saturated rings. The molecule has 0 bridgehead atoms. The van der Waals surface area contributed by atoms with Gasteiger partial charge in [0.25, 0.3) is 0 Å². The van der Waals surface area contributed by atoms with Crippen LogP contribution in [-0.4, -0.2) is 29.2 Å². The summed E-state index contributed by atoms with van der Waals surface area (Å²) in [6.45, 7) is 1.07. The first-order chi connectivity index (χ1) is 9.78. The molecule has 3 rings (SSSR count). The SMILES string of the molecule is N#CN1CCCN1C(=O)Oc1ccc2ccccc2c1. The van der Waals surface area contributed by atoms with Crippen molar-refractivity contribution in [2.45, 2.75) is 6.42 Å². The first-order valence-electron chi connectivity index (χ1n) is 6.43. The molecule has 0 N–H and O–H groups in total. The quantitative estimate of drug-likeness (QED) is 0.745. The van der Waals surface area contributed by atoms with Crippen molar-refractivity contribution in [1.29, 1.82) is 5.26 Å². The second-order valence-electron chi connectivity index (χ2n) is 4.58. The van der Waals surface area contributed by atoms with Crippen LogP contribution < -0.4 is 4.74 Å². The van der Waals surface area contributed by atoms with Crippen molar-refractivity contribution in [2.75, 3.05) is 13.1 Å². The van der Waals surface area contributed by atoms with Gasteiger partial charge in [-0.05, 0) is 29.3 Å². The van der Waals surface area contributed by atoms with Crippen molar-refractivity contribution in [3.8, 4) is 11.9 Å². The fourth-order valence-electron chi connectivity index (χ4n) is 2.29. The Balaban J connectivity index is 1.79. The maximum Gasteiger partial charge on any atom is 0.434 e. The average Bonchev–Trinajstić information content (AvgIpc) is 2.95. The molecule has 0 radical (unpaired) electrons. The number of rotatable bonds is 1. The first-order valence-corrected chi connectivity index (χ1v) is 6.43. The van der Waals surface area contributed by atoms with Gasteiger partial charge in [0, 0.05) is 6.54 Å². The van der Waals surface area contributed by atoms with Gasteiger partial charge in [0.15, 0.2) is 6.19 Å². The zero-order chi connectivity index (χ0) is 13.9. The van der Waals surface area contributed by atoms with Crippen LogP contribution in [0.2, 0.25) is 0 Å². The maximum absolute atomic E-state index is 12.0. The molecule has 0 atom stereocenters. The summed E-state index contributed by atoms with van der Waals surface area (Å²) in [4.78, 5) is 12.0. The first kappa shape index (κ1) is 12.3. The van der Waals surface area contributed by atoms with E-state index in [1.807, 2.05) is 42.6 Å². The molecule has 20 heavy (non-hydrogen) atoms. The summed E-state index contributed by atoms with van der Waals surface area (Å²) in [6.07, 6.45) is 2.23. The molecule has 1 amide bonds. The Labute approximate surface area is 116 Å². The van der Waals surface area contributed by atoms with Gasteiger partial charge in [0.05, 0.1) is 6.54 Å². The molecule has 100 valence electrons. The summed E-state index contributed by atoms with van der Waals surface area (Å²) in [6, 6.07) is 13.3. The monoisotopic (exact) mass is 267 g/mol. The molecule has 1 saturated heterocycles. The maximum atomic E-state index is 12.0. The van der Waals surface area contributed by atoms with E-state index in [-0.39, 0.29) is 0 Å². The van der Waals surface area contributed by atoms with Crippen LogP contribution in [0.25, 0.3) is 10.8 Å². The molecular weight excluding hydrogens is 254 g/mol. The third-order valence-electron chi connectivity index (χ3n) is 3.28. The molecule has 2 aromatic rings. The van der Waals surface area contributed by atoms with Gasteiger partial charge in [0.2, 0.25) is 0 Å². The van der Waals surface area contributed by atoms with Crippen molar-refractivity contribution < 1.29 is 9.53 Å². The Kier molecular flexibility index (Phi) is 3.13. The Hall–Kier alpha value is -2.74. The number of hydrogen-bond donors (Lipinski definition) is 0. The highest BCUT2D eigenvalue weighted by Crippen LogP contribution is 2.22. The number of carbonyl (C=O) groups excluding carboxylic acids is 1. The van der Waals surface area contributed by atoms with E-state index in [2.05, 4.69) is 0 Å². The molecule has 0 unspecified atom stereocenters. The predicted octanol–water partition coefficient (Wildman–Crippen LogP) is 2.74. The zero-order valence-corrected chi connectivity index (χ0v) is 10.8. The van der Waals surface area contributed by atoms with E-state index in [9.17, 15) is 4.79 Å². The Morgan fingerprint density at radius 3 is 2.75 bits per heavy atom. The second-order valence-corrected chi connectivity index (χ2v) is 4.58. The van der Waals surface area contributed by atoms with Gasteiger partial charge in [-0.3, -0.25) is 0 Å². The highest BCUT2D eigenvalue weighted by Gasteiger charge is 2.27. The van der Waals surface area contributed by atoms with Gasteiger partial charge in [0.1, 0.15) is 5.75 Å². The zero-order valence-electron chi connectivity index (χ0n) is 10.8. The third kappa shape index (κ3) is 2.24. The highest BCUT2D eigenvalue weighted by molar-refractivity contribution is 5.84. The lowest BCUT2D eigenvalue weighted by Crippen LogP contribution is -2.40. The highest BCUT2D eigenvalue weighted by atomic mass is 16.6. The van der Waals surface area contributed by atoms with Crippen molar-refractivity contribution in [3.05, 3.63) is 42.5 Å². The Morgan fingerprint density at radius 1 is 1.15 bits per heavy atom. The number of carbonyl (C=O) groups is 1. The lowest BCUT2D eigenvalue weighted by atomic mass is 10.1. The molecule has 0 aliphatic carbocycles. The smallest absolute Gasteiger partial charge is 0.409 e. The van der Waals surface area contributed by atoms with Gasteiger partial charge >= 0.3 is 6.09 Å². The summed E-state index contributed by atoms with van der Waals surface area (Å²) in [5, 5.41) is 13.7. The lowest BCUT2D eigenvalue weighted by molar-refractivity contribution is 0.0802. The largest absolute Gasteiger partial charge is 0.434 e. The Morgan fingerprint density at radius 2 is 1.95 bits per heavy atom. The molecule has 0 aromatic heterocycles. The molecule has 5 heteroatoms. The summed E-state index contributed by atoms with van der Waals surface area (Å²) in [5.74, 6) is 0.485. The van der Waals surface area contributed by atoms with Gasteiger partial charge in [-0.25, -0.2) is 14.8 Å². The molecular formula is C15H13N3O2. The average molecular weight is 267 g/mol. The fraction of sp³-hybridized carbons (Fsp3) is 0.200. The summed E-state index contributed by atoms with van der Waals surface area (Å²) in [7, 11) is 0. The number of amides is 1. The summed E-state index contributed by atoms with van der Waals surface area (Å²) < 4.78 is 5.33. The van der Waals surface area contributed by atoms with E-state index in [0.29, 0.717) is 18.8 Å². The third-order valence-corrected chi connectivity index (χ3v) is 3.28. The van der Waals surface area contributed by atoms with Crippen LogP contribution in [0.1, 0.15) is 6.42 Å². The Bertz CT molecular complexity index is 693. The minimum atomic E-state index is -0.515. The normalized spacial score (nSPS) is 14.3. The summed E-state index contributed by atoms with van der Waals surface area (Å²) in [5.41, 5.74) is 0. The minimum Gasteiger partial charge on any atom is -0.409 e. The van der Waals surface area contributed by atoms with Crippen LogP contribution in [-0.2, 0) is 0 Å². The second kappa shape index (κ2) is 5.10. The van der Waals surface area contributed by atoms with Crippen molar-refractivity contribution in [2.24, 2.45) is 0 Å². The van der Waals surface area contributed by atoms with Gasteiger partial charge in [-0.2, -0.15) is 5.26 Å². The number of hydrazine groups is 1. The van der Waals surface area contributed by atoms with E-state index >= 15 is 0 Å².